The van der Waals surface area contributed by atoms with Crippen LogP contribution < -0.4 is 5.32 Å². The first-order chi connectivity index (χ1) is 11.6. The number of carbonyl (C=O) groups is 2. The number of hydrogen-bond donors (Lipinski definition) is 1. The lowest BCUT2D eigenvalue weighted by atomic mass is 9.70. The molecule has 3 saturated heterocycles. The van der Waals surface area contributed by atoms with Gasteiger partial charge in [0.2, 0.25) is 5.91 Å². The number of fused-ring (bicyclic) bond motifs is 2. The van der Waals surface area contributed by atoms with Crippen LogP contribution in [0.2, 0.25) is 0 Å². The molecule has 1 aromatic rings. The molecule has 4 rings (SSSR count). The van der Waals surface area contributed by atoms with Crippen molar-refractivity contribution in [1.29, 1.82) is 0 Å². The fourth-order valence-corrected chi connectivity index (χ4v) is 5.45. The highest BCUT2D eigenvalue weighted by Crippen LogP contribution is 2.47. The lowest BCUT2D eigenvalue weighted by Crippen LogP contribution is -2.56. The van der Waals surface area contributed by atoms with Gasteiger partial charge in [0.25, 0.3) is 5.91 Å². The average molecular weight is 384 g/mol. The van der Waals surface area contributed by atoms with Gasteiger partial charge in [0, 0.05) is 38.3 Å². The van der Waals surface area contributed by atoms with E-state index < -0.39 is 0 Å². The molecule has 0 aromatic carbocycles. The Bertz CT molecular complexity index is 630. The zero-order valence-electron chi connectivity index (χ0n) is 14.6. The van der Waals surface area contributed by atoms with Gasteiger partial charge in [-0.2, -0.15) is 0 Å². The predicted molar refractivity (Wildman–Crippen MR) is 101 cm³/mol. The summed E-state index contributed by atoms with van der Waals surface area (Å²) in [6.45, 7) is 4.76. The molecular weight excluding hydrogens is 358 g/mol. The van der Waals surface area contributed by atoms with Crippen LogP contribution in [0.25, 0.3) is 0 Å². The Labute approximate surface area is 159 Å². The minimum atomic E-state index is -0.206. The van der Waals surface area contributed by atoms with Gasteiger partial charge >= 0.3 is 0 Å². The maximum Gasteiger partial charge on any atom is 0.264 e. The molecule has 3 atom stereocenters. The number of nitrogens with zero attached hydrogens (tertiary/aromatic N) is 2. The average Bonchev–Trinajstić information content (AvgIpc) is 3.37. The number of halogens is 1. The van der Waals surface area contributed by atoms with Crippen molar-refractivity contribution >= 4 is 35.6 Å². The molecule has 25 heavy (non-hydrogen) atoms. The van der Waals surface area contributed by atoms with E-state index in [1.165, 1.54) is 17.8 Å². The molecule has 2 bridgehead atoms. The second-order valence-corrected chi connectivity index (χ2v) is 8.22. The Hall–Kier alpha value is -1.11. The first-order valence-corrected chi connectivity index (χ1v) is 9.90. The molecular formula is C18H26ClN3O2S. The van der Waals surface area contributed by atoms with Crippen molar-refractivity contribution in [3.63, 3.8) is 0 Å². The zero-order chi connectivity index (χ0) is 16.7. The minimum Gasteiger partial charge on any atom is -0.339 e. The summed E-state index contributed by atoms with van der Waals surface area (Å²) >= 11 is 1.48. The second-order valence-electron chi connectivity index (χ2n) is 7.27. The Balaban J connectivity index is 0.00000182. The van der Waals surface area contributed by atoms with Crippen LogP contribution in [0.1, 0.15) is 42.3 Å². The first-order valence-electron chi connectivity index (χ1n) is 9.02. The topological polar surface area (TPSA) is 52.7 Å². The summed E-state index contributed by atoms with van der Waals surface area (Å²) in [4.78, 5) is 30.3. The van der Waals surface area contributed by atoms with Crippen LogP contribution in [0.15, 0.2) is 17.5 Å². The van der Waals surface area contributed by atoms with Crippen molar-refractivity contribution in [3.05, 3.63) is 22.4 Å². The van der Waals surface area contributed by atoms with Gasteiger partial charge in [0.15, 0.2) is 0 Å². The standard InChI is InChI=1S/C18H25N3O2S.ClH/c1-2-18(12-13-5-6-15(18)19-13)17(23)21-9-7-20(8-10-21)16(22)14-4-3-11-24-14;/h3-4,11,13,15,19H,2,5-10,12H2,1H3;1H/t13-,15+,18+;/m0./s1. The van der Waals surface area contributed by atoms with Gasteiger partial charge < -0.3 is 15.1 Å². The van der Waals surface area contributed by atoms with Crippen LogP contribution in [-0.4, -0.2) is 59.9 Å². The van der Waals surface area contributed by atoms with Crippen LogP contribution in [0, 0.1) is 5.41 Å². The van der Waals surface area contributed by atoms with Crippen LogP contribution in [0.4, 0.5) is 0 Å². The highest BCUT2D eigenvalue weighted by Gasteiger charge is 2.55. The highest BCUT2D eigenvalue weighted by molar-refractivity contribution is 7.12. The number of piperazine rings is 1. The van der Waals surface area contributed by atoms with E-state index in [-0.39, 0.29) is 23.7 Å². The molecule has 3 fully saturated rings. The van der Waals surface area contributed by atoms with E-state index in [1.807, 2.05) is 27.3 Å². The normalized spacial score (nSPS) is 31.1. The van der Waals surface area contributed by atoms with Crippen LogP contribution in [0.5, 0.6) is 0 Å². The molecule has 0 spiro atoms. The van der Waals surface area contributed by atoms with Gasteiger partial charge in [-0.15, -0.1) is 23.7 Å². The van der Waals surface area contributed by atoms with Gasteiger partial charge in [0.05, 0.1) is 10.3 Å². The molecule has 2 amide bonds. The van der Waals surface area contributed by atoms with Gasteiger partial charge in [0.1, 0.15) is 0 Å². The third-order valence-electron chi connectivity index (χ3n) is 6.16. The molecule has 7 heteroatoms. The van der Waals surface area contributed by atoms with E-state index in [2.05, 4.69) is 12.2 Å². The summed E-state index contributed by atoms with van der Waals surface area (Å²) in [5.41, 5.74) is -0.206. The summed E-state index contributed by atoms with van der Waals surface area (Å²) in [7, 11) is 0. The minimum absolute atomic E-state index is 0. The van der Waals surface area contributed by atoms with Gasteiger partial charge in [-0.1, -0.05) is 13.0 Å². The first kappa shape index (κ1) is 18.7. The fourth-order valence-electron chi connectivity index (χ4n) is 4.76. The van der Waals surface area contributed by atoms with Gasteiger partial charge in [-0.25, -0.2) is 0 Å². The Morgan fingerprint density at radius 3 is 2.48 bits per heavy atom. The summed E-state index contributed by atoms with van der Waals surface area (Å²) in [5, 5.41) is 5.56. The summed E-state index contributed by atoms with van der Waals surface area (Å²) in [6.07, 6.45) is 4.24. The summed E-state index contributed by atoms with van der Waals surface area (Å²) in [5.74, 6) is 0.414. The molecule has 1 N–H and O–H groups in total. The van der Waals surface area contributed by atoms with E-state index in [9.17, 15) is 9.59 Å². The lowest BCUT2D eigenvalue weighted by Gasteiger charge is -2.42. The fraction of sp³-hybridized carbons (Fsp3) is 0.667. The van der Waals surface area contributed by atoms with Crippen molar-refractivity contribution in [2.45, 2.75) is 44.7 Å². The zero-order valence-corrected chi connectivity index (χ0v) is 16.2. The predicted octanol–water partition coefficient (Wildman–Crippen LogP) is 2.38. The number of amides is 2. The molecule has 0 unspecified atom stereocenters. The Morgan fingerprint density at radius 1 is 1.24 bits per heavy atom. The number of thiophene rings is 1. The van der Waals surface area contributed by atoms with E-state index in [4.69, 9.17) is 0 Å². The maximum absolute atomic E-state index is 13.2. The molecule has 1 aromatic heterocycles. The third kappa shape index (κ3) is 3.09. The van der Waals surface area contributed by atoms with Crippen molar-refractivity contribution in [2.75, 3.05) is 26.2 Å². The monoisotopic (exact) mass is 383 g/mol. The maximum atomic E-state index is 13.2. The molecule has 0 saturated carbocycles. The molecule has 5 nitrogen and oxygen atoms in total. The lowest BCUT2D eigenvalue weighted by molar-refractivity contribution is -0.145. The number of rotatable bonds is 3. The van der Waals surface area contributed by atoms with Gasteiger partial charge in [-0.05, 0) is 37.1 Å². The van der Waals surface area contributed by atoms with E-state index in [1.54, 1.807) is 0 Å². The number of carbonyl (C=O) groups excluding carboxylic acids is 2. The van der Waals surface area contributed by atoms with E-state index >= 15 is 0 Å². The molecule has 3 aliphatic heterocycles. The SMILES string of the molecule is CC[C@@]1(C(=O)N2CCN(C(=O)c3cccs3)CC2)C[C@@H]2CC[C@H]1N2.Cl. The smallest absolute Gasteiger partial charge is 0.264 e. The number of nitrogens with one attached hydrogen (secondary N) is 1. The van der Waals surface area contributed by atoms with E-state index in [0.29, 0.717) is 44.2 Å². The highest BCUT2D eigenvalue weighted by atomic mass is 35.5. The third-order valence-corrected chi connectivity index (χ3v) is 7.02. The van der Waals surface area contributed by atoms with Crippen LogP contribution >= 0.6 is 23.7 Å². The molecule has 138 valence electrons. The molecule has 0 radical (unpaired) electrons. The Morgan fingerprint density at radius 2 is 1.96 bits per heavy atom. The largest absolute Gasteiger partial charge is 0.339 e. The molecule has 4 heterocycles. The van der Waals surface area contributed by atoms with E-state index in [0.717, 1.165) is 24.1 Å². The van der Waals surface area contributed by atoms with Crippen molar-refractivity contribution < 1.29 is 9.59 Å². The quantitative estimate of drug-likeness (QED) is 0.871. The number of hydrogen-bond acceptors (Lipinski definition) is 4. The molecule has 0 aliphatic carbocycles. The molecule has 3 aliphatic rings. The van der Waals surface area contributed by atoms with Gasteiger partial charge in [-0.3, -0.25) is 9.59 Å². The van der Waals surface area contributed by atoms with Crippen molar-refractivity contribution in [3.8, 4) is 0 Å². The van der Waals surface area contributed by atoms with Crippen molar-refractivity contribution in [2.24, 2.45) is 5.41 Å². The summed E-state index contributed by atoms with van der Waals surface area (Å²) < 4.78 is 0. The second kappa shape index (κ2) is 7.25. The van der Waals surface area contributed by atoms with Crippen LogP contribution in [-0.2, 0) is 4.79 Å². The summed E-state index contributed by atoms with van der Waals surface area (Å²) in [6, 6.07) is 4.66. The van der Waals surface area contributed by atoms with Crippen LogP contribution in [0.3, 0.4) is 0 Å². The Kier molecular flexibility index (Phi) is 5.42. The van der Waals surface area contributed by atoms with Crippen molar-refractivity contribution in [1.82, 2.24) is 15.1 Å².